The molecule has 1 aromatic rings. The van der Waals surface area contributed by atoms with Gasteiger partial charge in [-0.3, -0.25) is 0 Å². The number of aryl methyl sites for hydroxylation is 1. The molecule has 2 rings (SSSR count). The molecule has 1 heterocycles. The first-order valence-corrected chi connectivity index (χ1v) is 7.06. The highest BCUT2D eigenvalue weighted by Crippen LogP contribution is 2.33. The third-order valence-electron chi connectivity index (χ3n) is 3.79. The van der Waals surface area contributed by atoms with Crippen molar-refractivity contribution in [2.24, 2.45) is 5.92 Å². The van der Waals surface area contributed by atoms with Crippen LogP contribution in [0.5, 0.6) is 0 Å². The van der Waals surface area contributed by atoms with Gasteiger partial charge in [-0.2, -0.15) is 5.26 Å². The fraction of sp³-hybridized carbons (Fsp3) is 0.786. The monoisotopic (exact) mass is 246 g/mol. The summed E-state index contributed by atoms with van der Waals surface area (Å²) in [5, 5.41) is 17.4. The van der Waals surface area contributed by atoms with Gasteiger partial charge in [-0.15, -0.1) is 5.10 Å². The van der Waals surface area contributed by atoms with Crippen LogP contribution in [0, 0.1) is 17.2 Å². The number of hydrogen-bond donors (Lipinski definition) is 0. The lowest BCUT2D eigenvalue weighted by atomic mass is 9.86. The summed E-state index contributed by atoms with van der Waals surface area (Å²) in [6.07, 6.45) is 7.32. The predicted octanol–water partition coefficient (Wildman–Crippen LogP) is 3.24. The Morgan fingerprint density at radius 1 is 1.33 bits per heavy atom. The molecule has 98 valence electrons. The average molecular weight is 246 g/mol. The van der Waals surface area contributed by atoms with Crippen LogP contribution < -0.4 is 0 Å². The van der Waals surface area contributed by atoms with Crippen LogP contribution in [0.1, 0.15) is 69.7 Å². The third kappa shape index (κ3) is 2.90. The molecule has 4 heteroatoms. The molecule has 0 aromatic carbocycles. The first-order valence-electron chi connectivity index (χ1n) is 7.06. The Hall–Kier alpha value is -1.37. The Morgan fingerprint density at radius 3 is 2.67 bits per heavy atom. The molecule has 0 spiro atoms. The Kier molecular flexibility index (Phi) is 4.35. The summed E-state index contributed by atoms with van der Waals surface area (Å²) >= 11 is 0. The summed E-state index contributed by atoms with van der Waals surface area (Å²) in [6.45, 7) is 5.31. The SMILES string of the molecule is CC(C)CCn1nnc(C#N)c1C1CCCCC1. The lowest BCUT2D eigenvalue weighted by Gasteiger charge is -2.22. The first kappa shape index (κ1) is 13.1. The third-order valence-corrected chi connectivity index (χ3v) is 3.79. The number of rotatable bonds is 4. The van der Waals surface area contributed by atoms with E-state index in [0.717, 1.165) is 18.7 Å². The molecule has 0 N–H and O–H groups in total. The molecule has 0 amide bonds. The summed E-state index contributed by atoms with van der Waals surface area (Å²) in [5.74, 6) is 1.15. The van der Waals surface area contributed by atoms with E-state index in [2.05, 4.69) is 30.2 Å². The largest absolute Gasteiger partial charge is 0.248 e. The van der Waals surface area contributed by atoms with Crippen molar-refractivity contribution in [2.45, 2.75) is 64.8 Å². The number of nitrogens with zero attached hydrogens (tertiary/aromatic N) is 4. The van der Waals surface area contributed by atoms with Crippen LogP contribution >= 0.6 is 0 Å². The Bertz CT molecular complexity index is 421. The summed E-state index contributed by atoms with van der Waals surface area (Å²) < 4.78 is 1.98. The summed E-state index contributed by atoms with van der Waals surface area (Å²) in [4.78, 5) is 0. The average Bonchev–Trinajstić information content (AvgIpc) is 2.80. The fourth-order valence-corrected chi connectivity index (χ4v) is 2.73. The molecule has 1 fully saturated rings. The standard InChI is InChI=1S/C14H22N4/c1-11(2)8-9-18-14(13(10-15)16-17-18)12-6-4-3-5-7-12/h11-12H,3-9H2,1-2H3. The molecule has 18 heavy (non-hydrogen) atoms. The van der Waals surface area contributed by atoms with E-state index in [1.54, 1.807) is 0 Å². The van der Waals surface area contributed by atoms with E-state index in [9.17, 15) is 5.26 Å². The predicted molar refractivity (Wildman–Crippen MR) is 70.0 cm³/mol. The van der Waals surface area contributed by atoms with Gasteiger partial charge in [0.25, 0.3) is 0 Å². The second-order valence-electron chi connectivity index (χ2n) is 5.68. The summed E-state index contributed by atoms with van der Waals surface area (Å²) in [7, 11) is 0. The fourth-order valence-electron chi connectivity index (χ4n) is 2.73. The lowest BCUT2D eigenvalue weighted by Crippen LogP contribution is -2.14. The molecule has 0 bridgehead atoms. The Morgan fingerprint density at radius 2 is 2.06 bits per heavy atom. The highest BCUT2D eigenvalue weighted by atomic mass is 15.4. The molecule has 0 aliphatic heterocycles. The van der Waals surface area contributed by atoms with Crippen molar-refractivity contribution in [3.63, 3.8) is 0 Å². The molecular formula is C14H22N4. The van der Waals surface area contributed by atoms with Crippen molar-refractivity contribution in [2.75, 3.05) is 0 Å². The highest BCUT2D eigenvalue weighted by molar-refractivity contribution is 5.28. The Balaban J connectivity index is 2.19. The second kappa shape index (κ2) is 5.99. The molecule has 0 atom stereocenters. The summed E-state index contributed by atoms with van der Waals surface area (Å²) in [5.41, 5.74) is 1.64. The molecule has 4 nitrogen and oxygen atoms in total. The quantitative estimate of drug-likeness (QED) is 0.819. The molecule has 0 radical (unpaired) electrons. The van der Waals surface area contributed by atoms with Crippen LogP contribution in [0.2, 0.25) is 0 Å². The van der Waals surface area contributed by atoms with Gasteiger partial charge in [0, 0.05) is 12.5 Å². The molecule has 0 unspecified atom stereocenters. The Labute approximate surface area is 109 Å². The zero-order valence-corrected chi connectivity index (χ0v) is 11.4. The van der Waals surface area contributed by atoms with Gasteiger partial charge in [0.1, 0.15) is 6.07 Å². The maximum absolute atomic E-state index is 9.17. The minimum absolute atomic E-state index is 0.496. The van der Waals surface area contributed by atoms with Crippen LogP contribution in [-0.2, 0) is 6.54 Å². The van der Waals surface area contributed by atoms with Gasteiger partial charge in [0.15, 0.2) is 5.69 Å². The van der Waals surface area contributed by atoms with Crippen LogP contribution in [0.4, 0.5) is 0 Å². The van der Waals surface area contributed by atoms with Crippen molar-refractivity contribution in [3.05, 3.63) is 11.4 Å². The van der Waals surface area contributed by atoms with Crippen LogP contribution in [-0.4, -0.2) is 15.0 Å². The van der Waals surface area contributed by atoms with Crippen LogP contribution in [0.3, 0.4) is 0 Å². The topological polar surface area (TPSA) is 54.5 Å². The van der Waals surface area contributed by atoms with E-state index in [4.69, 9.17) is 0 Å². The number of aromatic nitrogens is 3. The number of hydrogen-bond acceptors (Lipinski definition) is 3. The molecule has 0 saturated heterocycles. The van der Waals surface area contributed by atoms with E-state index in [-0.39, 0.29) is 0 Å². The van der Waals surface area contributed by atoms with Gasteiger partial charge in [0.2, 0.25) is 0 Å². The van der Waals surface area contributed by atoms with E-state index >= 15 is 0 Å². The zero-order valence-electron chi connectivity index (χ0n) is 11.4. The van der Waals surface area contributed by atoms with Crippen molar-refractivity contribution < 1.29 is 0 Å². The van der Waals surface area contributed by atoms with E-state index in [1.807, 2.05) is 4.68 Å². The highest BCUT2D eigenvalue weighted by Gasteiger charge is 2.24. The van der Waals surface area contributed by atoms with Gasteiger partial charge < -0.3 is 0 Å². The van der Waals surface area contributed by atoms with Gasteiger partial charge in [-0.05, 0) is 25.2 Å². The van der Waals surface area contributed by atoms with E-state index in [1.165, 1.54) is 32.1 Å². The van der Waals surface area contributed by atoms with Gasteiger partial charge in [0.05, 0.1) is 5.69 Å². The summed E-state index contributed by atoms with van der Waals surface area (Å²) in [6, 6.07) is 2.21. The van der Waals surface area contributed by atoms with Crippen LogP contribution in [0.25, 0.3) is 0 Å². The second-order valence-corrected chi connectivity index (χ2v) is 5.68. The van der Waals surface area contributed by atoms with Crippen molar-refractivity contribution in [1.29, 1.82) is 5.26 Å². The molecule has 1 saturated carbocycles. The molecule has 1 aliphatic rings. The minimum atomic E-state index is 0.496. The normalized spacial score (nSPS) is 17.0. The van der Waals surface area contributed by atoms with Gasteiger partial charge in [-0.25, -0.2) is 4.68 Å². The van der Waals surface area contributed by atoms with Crippen molar-refractivity contribution in [3.8, 4) is 6.07 Å². The van der Waals surface area contributed by atoms with Crippen molar-refractivity contribution in [1.82, 2.24) is 15.0 Å². The first-order chi connectivity index (χ1) is 8.72. The smallest absolute Gasteiger partial charge is 0.186 e. The lowest BCUT2D eigenvalue weighted by molar-refractivity contribution is 0.399. The maximum Gasteiger partial charge on any atom is 0.186 e. The zero-order chi connectivity index (χ0) is 13.0. The number of nitriles is 1. The maximum atomic E-state index is 9.17. The molecule has 1 aromatic heterocycles. The molecule has 1 aliphatic carbocycles. The van der Waals surface area contributed by atoms with Crippen molar-refractivity contribution >= 4 is 0 Å². The minimum Gasteiger partial charge on any atom is -0.248 e. The van der Waals surface area contributed by atoms with E-state index < -0.39 is 0 Å². The molecular weight excluding hydrogens is 224 g/mol. The van der Waals surface area contributed by atoms with Gasteiger partial charge >= 0.3 is 0 Å². The van der Waals surface area contributed by atoms with Crippen LogP contribution in [0.15, 0.2) is 0 Å². The van der Waals surface area contributed by atoms with Gasteiger partial charge in [-0.1, -0.05) is 38.3 Å². The van der Waals surface area contributed by atoms with E-state index in [0.29, 0.717) is 17.5 Å².